The Balaban J connectivity index is 1.43. The molecule has 0 bridgehead atoms. The maximum Gasteiger partial charge on any atom is 0.242 e. The Labute approximate surface area is 210 Å². The molecule has 3 N–H and O–H groups in total. The lowest BCUT2D eigenvalue weighted by Crippen LogP contribution is -2.37. The van der Waals surface area contributed by atoms with Crippen molar-refractivity contribution < 1.29 is 14.3 Å². The highest BCUT2D eigenvalue weighted by Gasteiger charge is 2.27. The number of imidazole rings is 1. The van der Waals surface area contributed by atoms with E-state index >= 15 is 0 Å². The minimum Gasteiger partial charge on any atom is -0.494 e. The minimum atomic E-state index is -0.0550. The Kier molecular flexibility index (Phi) is 7.87. The van der Waals surface area contributed by atoms with Crippen molar-refractivity contribution in [2.24, 2.45) is 5.73 Å². The van der Waals surface area contributed by atoms with Crippen molar-refractivity contribution in [1.29, 1.82) is 0 Å². The first-order valence-electron chi connectivity index (χ1n) is 12.0. The quantitative estimate of drug-likeness (QED) is 0.470. The van der Waals surface area contributed by atoms with E-state index in [9.17, 15) is 9.59 Å². The van der Waals surface area contributed by atoms with E-state index in [0.29, 0.717) is 32.7 Å². The lowest BCUT2D eigenvalue weighted by atomic mass is 9.96. The summed E-state index contributed by atoms with van der Waals surface area (Å²) in [5.74, 6) is 1.65. The number of ether oxygens (including phenoxy) is 1. The van der Waals surface area contributed by atoms with E-state index < -0.39 is 0 Å². The van der Waals surface area contributed by atoms with Gasteiger partial charge in [-0.2, -0.15) is 0 Å². The molecule has 2 amide bonds. The molecule has 1 unspecified atom stereocenters. The number of fused-ring (bicyclic) bond motifs is 1. The summed E-state index contributed by atoms with van der Waals surface area (Å²) in [6, 6.07) is 7.85. The fourth-order valence-electron chi connectivity index (χ4n) is 4.56. The molecule has 0 saturated carbocycles. The lowest BCUT2D eigenvalue weighted by Gasteiger charge is -2.27. The number of anilines is 1. The van der Waals surface area contributed by atoms with Gasteiger partial charge >= 0.3 is 0 Å². The van der Waals surface area contributed by atoms with Gasteiger partial charge in [0.2, 0.25) is 11.8 Å². The predicted octanol–water partition coefficient (Wildman–Crippen LogP) is 3.83. The van der Waals surface area contributed by atoms with Crippen LogP contribution in [-0.4, -0.2) is 39.4 Å². The molecule has 1 aliphatic rings. The molecule has 3 aromatic rings. The summed E-state index contributed by atoms with van der Waals surface area (Å²) in [6.07, 6.45) is 4.60. The molecule has 35 heavy (non-hydrogen) atoms. The molecule has 9 heteroatoms. The molecule has 4 rings (SSSR count). The number of nitrogens with two attached hydrogens (primary N) is 1. The molecule has 0 spiro atoms. The van der Waals surface area contributed by atoms with E-state index in [1.807, 2.05) is 60.7 Å². The molecule has 1 aliphatic heterocycles. The molecule has 0 saturated heterocycles. The van der Waals surface area contributed by atoms with Crippen molar-refractivity contribution in [2.75, 3.05) is 18.5 Å². The second kappa shape index (κ2) is 11.0. The van der Waals surface area contributed by atoms with Gasteiger partial charge in [0.25, 0.3) is 0 Å². The summed E-state index contributed by atoms with van der Waals surface area (Å²) in [7, 11) is 0. The fourth-order valence-corrected chi connectivity index (χ4v) is 5.87. The van der Waals surface area contributed by atoms with Gasteiger partial charge < -0.3 is 25.3 Å². The summed E-state index contributed by atoms with van der Waals surface area (Å²) in [5.41, 5.74) is 9.27. The van der Waals surface area contributed by atoms with E-state index in [1.165, 1.54) is 16.9 Å². The number of hydrogen-bond donors (Lipinski definition) is 2. The van der Waals surface area contributed by atoms with Gasteiger partial charge in [-0.25, -0.2) is 4.98 Å². The number of aryl methyl sites for hydroxylation is 1. The number of nitrogens with zero attached hydrogens (tertiary/aromatic N) is 3. The van der Waals surface area contributed by atoms with Crippen LogP contribution in [0.1, 0.15) is 53.6 Å². The number of hydrogen-bond acceptors (Lipinski definition) is 6. The number of amides is 2. The number of carbonyl (C=O) groups excluding carboxylic acids is 2. The molecule has 3 heterocycles. The molecule has 8 nitrogen and oxygen atoms in total. The average molecular weight is 496 g/mol. The molecule has 1 aromatic carbocycles. The van der Waals surface area contributed by atoms with Gasteiger partial charge in [-0.3, -0.25) is 9.59 Å². The van der Waals surface area contributed by atoms with Crippen molar-refractivity contribution in [1.82, 2.24) is 14.5 Å². The molecular formula is C26H33N5O3S. The molecule has 1 atom stereocenters. The van der Waals surface area contributed by atoms with E-state index in [2.05, 4.69) is 10.3 Å². The molecule has 0 radical (unpaired) electrons. The smallest absolute Gasteiger partial charge is 0.242 e. The second-order valence-corrected chi connectivity index (χ2v) is 9.91. The van der Waals surface area contributed by atoms with E-state index in [1.54, 1.807) is 6.20 Å². The number of carbonyl (C=O) groups is 2. The third kappa shape index (κ3) is 5.57. The fraction of sp³-hybridized carbons (Fsp3) is 0.423. The second-order valence-electron chi connectivity index (χ2n) is 8.81. The zero-order valence-corrected chi connectivity index (χ0v) is 21.4. The van der Waals surface area contributed by atoms with Gasteiger partial charge in [0.1, 0.15) is 18.1 Å². The Hall–Kier alpha value is -3.17. The maximum atomic E-state index is 13.0. The first-order valence-corrected chi connectivity index (χ1v) is 12.8. The van der Waals surface area contributed by atoms with Crippen LogP contribution in [0.25, 0.3) is 0 Å². The number of nitrogens with one attached hydrogen (secondary N) is 1. The number of benzene rings is 1. The summed E-state index contributed by atoms with van der Waals surface area (Å²) < 4.78 is 7.59. The Morgan fingerprint density at radius 2 is 2.11 bits per heavy atom. The van der Waals surface area contributed by atoms with Crippen LogP contribution in [0.3, 0.4) is 0 Å². The van der Waals surface area contributed by atoms with Crippen molar-refractivity contribution in [2.45, 2.75) is 59.2 Å². The van der Waals surface area contributed by atoms with Gasteiger partial charge in [-0.05, 0) is 43.4 Å². The van der Waals surface area contributed by atoms with Crippen molar-refractivity contribution in [3.63, 3.8) is 0 Å². The predicted molar refractivity (Wildman–Crippen MR) is 138 cm³/mol. The first kappa shape index (κ1) is 24.9. The molecule has 0 fully saturated rings. The molecular weight excluding hydrogens is 462 g/mol. The highest BCUT2D eigenvalue weighted by molar-refractivity contribution is 7.16. The lowest BCUT2D eigenvalue weighted by molar-refractivity contribution is -0.132. The number of thiophene rings is 1. The third-order valence-electron chi connectivity index (χ3n) is 6.45. The molecule has 2 aromatic heterocycles. The average Bonchev–Trinajstić information content (AvgIpc) is 3.40. The molecule has 0 aliphatic carbocycles. The van der Waals surface area contributed by atoms with Crippen molar-refractivity contribution >= 4 is 28.2 Å². The summed E-state index contributed by atoms with van der Waals surface area (Å²) in [5, 5.41) is 3.90. The topological polar surface area (TPSA) is 102 Å². The van der Waals surface area contributed by atoms with Gasteiger partial charge in [0, 0.05) is 42.3 Å². The van der Waals surface area contributed by atoms with Crippen LogP contribution in [0, 0.1) is 6.92 Å². The van der Waals surface area contributed by atoms with Crippen LogP contribution in [0.5, 0.6) is 5.75 Å². The summed E-state index contributed by atoms with van der Waals surface area (Å²) in [4.78, 5) is 33.0. The first-order chi connectivity index (χ1) is 16.9. The van der Waals surface area contributed by atoms with Crippen LogP contribution in [-0.2, 0) is 35.6 Å². The van der Waals surface area contributed by atoms with E-state index in [0.717, 1.165) is 39.0 Å². The van der Waals surface area contributed by atoms with Crippen LogP contribution >= 0.6 is 11.3 Å². The third-order valence-corrected chi connectivity index (χ3v) is 7.62. The van der Waals surface area contributed by atoms with Gasteiger partial charge in [-0.1, -0.05) is 25.1 Å². The van der Waals surface area contributed by atoms with Crippen molar-refractivity contribution in [3.05, 3.63) is 64.1 Å². The molecule has 186 valence electrons. The van der Waals surface area contributed by atoms with E-state index in [-0.39, 0.29) is 24.3 Å². The largest absolute Gasteiger partial charge is 0.494 e. The highest BCUT2D eigenvalue weighted by Crippen LogP contribution is 2.37. The zero-order chi connectivity index (χ0) is 24.9. The Morgan fingerprint density at radius 1 is 1.31 bits per heavy atom. The maximum absolute atomic E-state index is 13.0. The van der Waals surface area contributed by atoms with Gasteiger partial charge in [0.05, 0.1) is 18.2 Å². The SMILES string of the molecule is CCOc1ccccc1C(C)CC(=O)Nc1sc2c(c1CN)CCN(C(=O)Cn1ccnc1C)C2. The summed E-state index contributed by atoms with van der Waals surface area (Å²) in [6.45, 7) is 8.27. The standard InChI is InChI=1S/C26H33N5O3S/c1-4-34-22-8-6-5-7-19(22)17(2)13-24(32)29-26-21(14-27)20-9-11-31(15-23(20)35-26)25(33)16-30-12-10-28-18(30)3/h5-8,10,12,17H,4,9,11,13-16,27H2,1-3H3,(H,29,32). The zero-order valence-electron chi connectivity index (χ0n) is 20.5. The van der Waals surface area contributed by atoms with Crippen LogP contribution in [0.2, 0.25) is 0 Å². The van der Waals surface area contributed by atoms with Gasteiger partial charge in [-0.15, -0.1) is 11.3 Å². The normalized spacial score (nSPS) is 13.9. The van der Waals surface area contributed by atoms with E-state index in [4.69, 9.17) is 10.5 Å². The Morgan fingerprint density at radius 3 is 2.83 bits per heavy atom. The van der Waals surface area contributed by atoms with Crippen molar-refractivity contribution in [3.8, 4) is 5.75 Å². The van der Waals surface area contributed by atoms with Crippen LogP contribution in [0.15, 0.2) is 36.7 Å². The number of rotatable bonds is 9. The summed E-state index contributed by atoms with van der Waals surface area (Å²) >= 11 is 1.53. The van der Waals surface area contributed by atoms with Crippen LogP contribution < -0.4 is 15.8 Å². The highest BCUT2D eigenvalue weighted by atomic mass is 32.1. The number of aromatic nitrogens is 2. The monoisotopic (exact) mass is 495 g/mol. The number of para-hydroxylation sites is 1. The Bertz CT molecular complexity index is 1200. The van der Waals surface area contributed by atoms with Crippen LogP contribution in [0.4, 0.5) is 5.00 Å². The minimum absolute atomic E-state index is 0.00779. The van der Waals surface area contributed by atoms with Gasteiger partial charge in [0.15, 0.2) is 0 Å².